The fraction of sp³-hybridized carbons (Fsp3) is 0. The molecule has 0 aliphatic carbocycles. The van der Waals surface area contributed by atoms with Crippen molar-refractivity contribution in [1.29, 1.82) is 0 Å². The number of hydrogen-bond acceptors (Lipinski definition) is 3. The van der Waals surface area contributed by atoms with E-state index in [1.165, 1.54) is 0 Å². The molecule has 0 aliphatic rings. The molecule has 0 aliphatic heterocycles. The molecule has 0 spiro atoms. The number of nitrogens with one attached hydrogen (secondary N) is 1. The lowest BCUT2D eigenvalue weighted by molar-refractivity contribution is 1.14. The number of aromatic amines is 1. The van der Waals surface area contributed by atoms with Gasteiger partial charge in [0, 0.05) is 16.0 Å². The minimum Gasteiger partial charge on any atom is -0.330 e. The van der Waals surface area contributed by atoms with Gasteiger partial charge in [0.25, 0.3) is 0 Å². The van der Waals surface area contributed by atoms with Gasteiger partial charge in [-0.05, 0) is 40.3 Å². The SMILES string of the molecule is S=c1nccc(-c2cc(Br)cs2)[nH]1. The quantitative estimate of drug-likeness (QED) is 0.804. The van der Waals surface area contributed by atoms with Crippen LogP contribution in [0.3, 0.4) is 0 Å². The van der Waals surface area contributed by atoms with Gasteiger partial charge in [-0.25, -0.2) is 4.98 Å². The predicted octanol–water partition coefficient (Wildman–Crippen LogP) is 3.63. The van der Waals surface area contributed by atoms with Crippen LogP contribution in [0.2, 0.25) is 0 Å². The number of halogens is 1. The Morgan fingerprint density at radius 2 is 2.38 bits per heavy atom. The standard InChI is InChI=1S/C8H5BrN2S2/c9-5-3-7(13-4-5)6-1-2-10-8(12)11-6/h1-4H,(H,10,11,12). The van der Waals surface area contributed by atoms with Crippen LogP contribution < -0.4 is 0 Å². The molecule has 0 amide bonds. The van der Waals surface area contributed by atoms with E-state index in [1.807, 2.05) is 17.5 Å². The van der Waals surface area contributed by atoms with E-state index in [-0.39, 0.29) is 0 Å². The molecule has 0 radical (unpaired) electrons. The Balaban J connectivity index is 2.52. The maximum absolute atomic E-state index is 4.93. The third kappa shape index (κ3) is 2.04. The fourth-order valence-electron chi connectivity index (χ4n) is 0.967. The lowest BCUT2D eigenvalue weighted by Crippen LogP contribution is -1.82. The minimum absolute atomic E-state index is 0.516. The molecule has 2 aromatic heterocycles. The molecule has 2 nitrogen and oxygen atoms in total. The van der Waals surface area contributed by atoms with E-state index in [9.17, 15) is 0 Å². The highest BCUT2D eigenvalue weighted by molar-refractivity contribution is 9.10. The first-order valence-electron chi connectivity index (χ1n) is 3.55. The van der Waals surface area contributed by atoms with Crippen LogP contribution >= 0.6 is 39.5 Å². The van der Waals surface area contributed by atoms with Crippen molar-refractivity contribution in [3.8, 4) is 10.6 Å². The molecule has 1 N–H and O–H groups in total. The molecule has 0 bridgehead atoms. The molecule has 2 aromatic rings. The van der Waals surface area contributed by atoms with Crippen molar-refractivity contribution >= 4 is 39.5 Å². The van der Waals surface area contributed by atoms with Crippen LogP contribution in [-0.2, 0) is 0 Å². The zero-order valence-electron chi connectivity index (χ0n) is 6.45. The average molecular weight is 273 g/mol. The summed E-state index contributed by atoms with van der Waals surface area (Å²) in [6, 6.07) is 3.96. The Morgan fingerprint density at radius 1 is 1.54 bits per heavy atom. The monoisotopic (exact) mass is 272 g/mol. The van der Waals surface area contributed by atoms with Crippen molar-refractivity contribution in [2.45, 2.75) is 0 Å². The molecule has 0 fully saturated rings. The van der Waals surface area contributed by atoms with Gasteiger partial charge >= 0.3 is 0 Å². The van der Waals surface area contributed by atoms with Crippen molar-refractivity contribution in [2.75, 3.05) is 0 Å². The number of rotatable bonds is 1. The second kappa shape index (κ2) is 3.69. The summed E-state index contributed by atoms with van der Waals surface area (Å²) in [5, 5.41) is 2.03. The summed E-state index contributed by atoms with van der Waals surface area (Å²) in [6.07, 6.45) is 1.71. The molecule has 0 atom stereocenters. The second-order valence-electron chi connectivity index (χ2n) is 2.42. The maximum atomic E-state index is 4.93. The van der Waals surface area contributed by atoms with Crippen molar-refractivity contribution in [1.82, 2.24) is 9.97 Å². The number of hydrogen-bond donors (Lipinski definition) is 1. The third-order valence-electron chi connectivity index (χ3n) is 1.51. The Kier molecular flexibility index (Phi) is 2.57. The molecule has 2 rings (SSSR count). The summed E-state index contributed by atoms with van der Waals surface area (Å²) in [4.78, 5) is 8.11. The number of aromatic nitrogens is 2. The van der Waals surface area contributed by atoms with Gasteiger partial charge in [0.2, 0.25) is 0 Å². The van der Waals surface area contributed by atoms with Crippen molar-refractivity contribution in [2.24, 2.45) is 0 Å². The highest BCUT2D eigenvalue weighted by atomic mass is 79.9. The van der Waals surface area contributed by atoms with Crippen LogP contribution in [0.5, 0.6) is 0 Å². The number of H-pyrrole nitrogens is 1. The van der Waals surface area contributed by atoms with Crippen LogP contribution in [-0.4, -0.2) is 9.97 Å². The van der Waals surface area contributed by atoms with Gasteiger partial charge in [-0.1, -0.05) is 0 Å². The molecule has 0 unspecified atom stereocenters. The second-order valence-corrected chi connectivity index (χ2v) is 4.63. The van der Waals surface area contributed by atoms with Gasteiger partial charge in [0.05, 0.1) is 10.6 Å². The average Bonchev–Trinajstić information content (AvgIpc) is 2.52. The summed E-state index contributed by atoms with van der Waals surface area (Å²) < 4.78 is 1.60. The normalized spacial score (nSPS) is 10.2. The van der Waals surface area contributed by atoms with Gasteiger partial charge in [0.1, 0.15) is 0 Å². The Bertz CT molecular complexity index is 475. The summed E-state index contributed by atoms with van der Waals surface area (Å²) in [5.74, 6) is 0. The fourth-order valence-corrected chi connectivity index (χ4v) is 2.55. The van der Waals surface area contributed by atoms with Gasteiger partial charge in [0.15, 0.2) is 4.77 Å². The summed E-state index contributed by atoms with van der Waals surface area (Å²) >= 11 is 9.99. The molecule has 13 heavy (non-hydrogen) atoms. The number of nitrogens with zero attached hydrogens (tertiary/aromatic N) is 1. The summed E-state index contributed by atoms with van der Waals surface area (Å²) in [6.45, 7) is 0. The summed E-state index contributed by atoms with van der Waals surface area (Å²) in [7, 11) is 0. The molecular weight excluding hydrogens is 268 g/mol. The van der Waals surface area contributed by atoms with Crippen molar-refractivity contribution in [3.05, 3.63) is 33.0 Å². The van der Waals surface area contributed by atoms with E-state index in [0.717, 1.165) is 15.0 Å². The zero-order chi connectivity index (χ0) is 9.26. The van der Waals surface area contributed by atoms with Crippen LogP contribution in [0, 0.1) is 4.77 Å². The van der Waals surface area contributed by atoms with Gasteiger partial charge < -0.3 is 4.98 Å². The minimum atomic E-state index is 0.516. The first-order valence-corrected chi connectivity index (χ1v) is 5.63. The summed E-state index contributed by atoms with van der Waals surface area (Å²) in [5.41, 5.74) is 1.01. The lowest BCUT2D eigenvalue weighted by atomic mass is 10.3. The maximum Gasteiger partial charge on any atom is 0.197 e. The molecule has 2 heterocycles. The van der Waals surface area contributed by atoms with E-state index in [2.05, 4.69) is 25.9 Å². The first-order chi connectivity index (χ1) is 6.25. The van der Waals surface area contributed by atoms with E-state index in [4.69, 9.17) is 12.2 Å². The number of thiophene rings is 1. The van der Waals surface area contributed by atoms with Gasteiger partial charge in [-0.2, -0.15) is 0 Å². The Labute approximate surface area is 92.8 Å². The van der Waals surface area contributed by atoms with Gasteiger partial charge in [-0.3, -0.25) is 0 Å². The van der Waals surface area contributed by atoms with E-state index in [0.29, 0.717) is 4.77 Å². The molecule has 0 saturated heterocycles. The molecule has 0 aromatic carbocycles. The van der Waals surface area contributed by atoms with E-state index in [1.54, 1.807) is 17.5 Å². The Hall–Kier alpha value is -0.520. The van der Waals surface area contributed by atoms with Crippen LogP contribution in [0.15, 0.2) is 28.2 Å². The Morgan fingerprint density at radius 3 is 3.00 bits per heavy atom. The topological polar surface area (TPSA) is 28.7 Å². The highest BCUT2D eigenvalue weighted by Crippen LogP contribution is 2.27. The predicted molar refractivity (Wildman–Crippen MR) is 60.4 cm³/mol. The van der Waals surface area contributed by atoms with E-state index >= 15 is 0 Å². The smallest absolute Gasteiger partial charge is 0.197 e. The van der Waals surface area contributed by atoms with Crippen LogP contribution in [0.25, 0.3) is 10.6 Å². The van der Waals surface area contributed by atoms with Crippen LogP contribution in [0.4, 0.5) is 0 Å². The third-order valence-corrected chi connectivity index (χ3v) is 3.44. The largest absolute Gasteiger partial charge is 0.330 e. The molecule has 66 valence electrons. The molecule has 0 saturated carbocycles. The lowest BCUT2D eigenvalue weighted by Gasteiger charge is -1.94. The van der Waals surface area contributed by atoms with E-state index < -0.39 is 0 Å². The van der Waals surface area contributed by atoms with Crippen LogP contribution in [0.1, 0.15) is 0 Å². The zero-order valence-corrected chi connectivity index (χ0v) is 9.67. The van der Waals surface area contributed by atoms with Gasteiger partial charge in [-0.15, -0.1) is 11.3 Å². The van der Waals surface area contributed by atoms with Crippen molar-refractivity contribution in [3.63, 3.8) is 0 Å². The molecule has 5 heteroatoms. The first kappa shape index (κ1) is 9.05. The molecular formula is C8H5BrN2S2. The highest BCUT2D eigenvalue weighted by Gasteiger charge is 2.00. The van der Waals surface area contributed by atoms with Crippen molar-refractivity contribution < 1.29 is 0 Å².